The van der Waals surface area contributed by atoms with Gasteiger partial charge in [-0.25, -0.2) is 0 Å². The zero-order chi connectivity index (χ0) is 31.0. The first-order chi connectivity index (χ1) is 18.9. The number of phenolic OH excluding ortho intramolecular Hbond substituents is 1. The van der Waals surface area contributed by atoms with E-state index in [-0.39, 0.29) is 42.9 Å². The smallest absolute Gasteiger partial charge is 0.310 e. The minimum absolute atomic E-state index is 0.00802. The maximum absolute atomic E-state index is 14.4. The number of esters is 1. The molecule has 2 N–H and O–H groups in total. The first-order valence-corrected chi connectivity index (χ1v) is 14.3. The molecule has 1 aromatic rings. The standard InChI is InChI=1S/C32H40O9/c1-9-41-20(34)11-17-10-18(14(2)3)19-12-30(7)13-31(8)23(15(4)5)26(36)21(16(6)33)28(38)32(31,40)29(39)24(30)27(37)22(19)25(17)35/h10,14-15,21,23-24,35,40H,9,11-13H2,1-8H3/t21?,23?,24?,30-,31-,32+/m1/s1. The van der Waals surface area contributed by atoms with Crippen LogP contribution < -0.4 is 0 Å². The Balaban J connectivity index is 1.97. The molecule has 0 spiro atoms. The van der Waals surface area contributed by atoms with E-state index in [2.05, 4.69) is 0 Å². The van der Waals surface area contributed by atoms with Crippen molar-refractivity contribution in [2.45, 2.75) is 86.2 Å². The fourth-order valence-corrected chi connectivity index (χ4v) is 8.31. The van der Waals surface area contributed by atoms with Crippen molar-refractivity contribution >= 4 is 34.9 Å². The molecule has 9 heteroatoms. The van der Waals surface area contributed by atoms with Gasteiger partial charge < -0.3 is 14.9 Å². The van der Waals surface area contributed by atoms with Crippen molar-refractivity contribution in [2.24, 2.45) is 34.5 Å². The topological polar surface area (TPSA) is 152 Å². The van der Waals surface area contributed by atoms with Crippen molar-refractivity contribution < 1.29 is 43.7 Å². The van der Waals surface area contributed by atoms with Crippen molar-refractivity contribution in [3.05, 3.63) is 28.3 Å². The van der Waals surface area contributed by atoms with Crippen LogP contribution >= 0.6 is 0 Å². The van der Waals surface area contributed by atoms with Gasteiger partial charge in [-0.15, -0.1) is 0 Å². The second-order valence-corrected chi connectivity index (χ2v) is 13.3. The minimum Gasteiger partial charge on any atom is -0.507 e. The Kier molecular flexibility index (Phi) is 7.47. The van der Waals surface area contributed by atoms with Gasteiger partial charge in [-0.05, 0) is 55.1 Å². The lowest BCUT2D eigenvalue weighted by molar-refractivity contribution is -0.205. The summed E-state index contributed by atoms with van der Waals surface area (Å²) in [6.07, 6.45) is -0.124. The maximum Gasteiger partial charge on any atom is 0.310 e. The Labute approximate surface area is 240 Å². The fraction of sp³-hybridized carbons (Fsp3) is 0.625. The summed E-state index contributed by atoms with van der Waals surface area (Å²) in [7, 11) is 0. The Morgan fingerprint density at radius 3 is 2.20 bits per heavy atom. The van der Waals surface area contributed by atoms with E-state index in [1.165, 1.54) is 0 Å². The van der Waals surface area contributed by atoms with E-state index >= 15 is 0 Å². The van der Waals surface area contributed by atoms with Crippen LogP contribution in [0.1, 0.15) is 94.8 Å². The predicted molar refractivity (Wildman–Crippen MR) is 147 cm³/mol. The van der Waals surface area contributed by atoms with Crippen LogP contribution in [0.4, 0.5) is 0 Å². The van der Waals surface area contributed by atoms with Gasteiger partial charge in [-0.3, -0.25) is 28.8 Å². The quantitative estimate of drug-likeness (QED) is 0.389. The van der Waals surface area contributed by atoms with Gasteiger partial charge in [0.15, 0.2) is 28.7 Å². The number of Topliss-reactive ketones (excluding diaryl/α,β-unsaturated/α-hetero) is 5. The van der Waals surface area contributed by atoms with Gasteiger partial charge in [0.2, 0.25) is 0 Å². The van der Waals surface area contributed by atoms with Crippen molar-refractivity contribution in [1.29, 1.82) is 0 Å². The van der Waals surface area contributed by atoms with E-state index < -0.39 is 80.7 Å². The molecule has 0 saturated heterocycles. The number of aromatic hydroxyl groups is 1. The summed E-state index contributed by atoms with van der Waals surface area (Å²) >= 11 is 0. The number of ether oxygens (including phenoxy) is 1. The molecule has 0 bridgehead atoms. The van der Waals surface area contributed by atoms with E-state index in [0.717, 1.165) is 12.5 Å². The average Bonchev–Trinajstić information content (AvgIpc) is 2.82. The lowest BCUT2D eigenvalue weighted by Gasteiger charge is -2.62. The maximum atomic E-state index is 14.4. The highest BCUT2D eigenvalue weighted by Gasteiger charge is 2.76. The van der Waals surface area contributed by atoms with Gasteiger partial charge in [-0.1, -0.05) is 47.6 Å². The molecule has 41 heavy (non-hydrogen) atoms. The summed E-state index contributed by atoms with van der Waals surface area (Å²) in [6.45, 7) is 13.5. The molecule has 0 aromatic heterocycles. The molecule has 3 unspecified atom stereocenters. The highest BCUT2D eigenvalue weighted by Crippen LogP contribution is 2.64. The Hall–Kier alpha value is -3.20. The third-order valence-corrected chi connectivity index (χ3v) is 9.75. The molecule has 6 atom stereocenters. The summed E-state index contributed by atoms with van der Waals surface area (Å²) in [5.41, 5.74) is -4.04. The number of fused-ring (bicyclic) bond motifs is 3. The Bertz CT molecular complexity index is 1390. The van der Waals surface area contributed by atoms with Crippen LogP contribution in [0.15, 0.2) is 6.07 Å². The van der Waals surface area contributed by atoms with Gasteiger partial charge in [0, 0.05) is 16.9 Å². The minimum atomic E-state index is -2.75. The molecular weight excluding hydrogens is 528 g/mol. The van der Waals surface area contributed by atoms with Crippen molar-refractivity contribution in [3.8, 4) is 5.75 Å². The molecule has 3 aliphatic rings. The zero-order valence-corrected chi connectivity index (χ0v) is 25.0. The monoisotopic (exact) mass is 568 g/mol. The molecule has 0 radical (unpaired) electrons. The fourth-order valence-electron chi connectivity index (χ4n) is 8.31. The first kappa shape index (κ1) is 30.8. The van der Waals surface area contributed by atoms with Crippen LogP contribution in [-0.2, 0) is 41.6 Å². The zero-order valence-electron chi connectivity index (χ0n) is 25.0. The normalized spacial score (nSPS) is 33.0. The van der Waals surface area contributed by atoms with Crippen LogP contribution in [0.3, 0.4) is 0 Å². The number of hydrogen-bond acceptors (Lipinski definition) is 9. The number of benzene rings is 1. The van der Waals surface area contributed by atoms with Crippen molar-refractivity contribution in [2.75, 3.05) is 6.61 Å². The summed E-state index contributed by atoms with van der Waals surface area (Å²) in [6, 6.07) is 1.69. The molecule has 1 aromatic carbocycles. The van der Waals surface area contributed by atoms with Crippen LogP contribution in [0.2, 0.25) is 0 Å². The van der Waals surface area contributed by atoms with Gasteiger partial charge in [0.25, 0.3) is 0 Å². The van der Waals surface area contributed by atoms with E-state index in [9.17, 15) is 39.0 Å². The van der Waals surface area contributed by atoms with E-state index in [1.807, 2.05) is 13.8 Å². The second-order valence-electron chi connectivity index (χ2n) is 13.3. The van der Waals surface area contributed by atoms with Crippen LogP contribution in [0.25, 0.3) is 0 Å². The molecule has 0 amide bonds. The summed E-state index contributed by atoms with van der Waals surface area (Å²) in [4.78, 5) is 80.9. The molecule has 0 aliphatic heterocycles. The number of carbonyl (C=O) groups is 6. The number of carbonyl (C=O) groups excluding carboxylic acids is 6. The lowest BCUT2D eigenvalue weighted by atomic mass is 9.39. The Morgan fingerprint density at radius 2 is 1.68 bits per heavy atom. The lowest BCUT2D eigenvalue weighted by Crippen LogP contribution is -2.76. The Morgan fingerprint density at radius 1 is 1.07 bits per heavy atom. The molecular formula is C32H40O9. The molecule has 4 rings (SSSR count). The molecule has 0 heterocycles. The molecule has 2 fully saturated rings. The third-order valence-electron chi connectivity index (χ3n) is 9.75. The summed E-state index contributed by atoms with van der Waals surface area (Å²) in [5, 5.41) is 23.4. The molecule has 222 valence electrons. The van der Waals surface area contributed by atoms with Gasteiger partial charge in [0.05, 0.1) is 24.5 Å². The number of phenols is 1. The van der Waals surface area contributed by atoms with Crippen LogP contribution in [0.5, 0.6) is 5.75 Å². The van der Waals surface area contributed by atoms with E-state index in [0.29, 0.717) is 5.56 Å². The highest BCUT2D eigenvalue weighted by molar-refractivity contribution is 6.32. The van der Waals surface area contributed by atoms with E-state index in [1.54, 1.807) is 40.7 Å². The highest BCUT2D eigenvalue weighted by atomic mass is 16.5. The number of hydrogen-bond donors (Lipinski definition) is 2. The van der Waals surface area contributed by atoms with Crippen LogP contribution in [-0.4, -0.2) is 57.3 Å². The van der Waals surface area contributed by atoms with Gasteiger partial charge >= 0.3 is 5.97 Å². The summed E-state index contributed by atoms with van der Waals surface area (Å²) < 4.78 is 5.04. The van der Waals surface area contributed by atoms with Crippen molar-refractivity contribution in [3.63, 3.8) is 0 Å². The van der Waals surface area contributed by atoms with Crippen molar-refractivity contribution in [1.82, 2.24) is 0 Å². The number of rotatable bonds is 6. The molecule has 2 saturated carbocycles. The summed E-state index contributed by atoms with van der Waals surface area (Å²) in [5.74, 6) is -10.1. The predicted octanol–water partition coefficient (Wildman–Crippen LogP) is 3.32. The largest absolute Gasteiger partial charge is 0.507 e. The molecule has 3 aliphatic carbocycles. The average molecular weight is 569 g/mol. The van der Waals surface area contributed by atoms with Gasteiger partial charge in [-0.2, -0.15) is 0 Å². The number of aliphatic hydroxyl groups is 1. The van der Waals surface area contributed by atoms with Crippen LogP contribution in [0, 0.1) is 34.5 Å². The second kappa shape index (κ2) is 9.96. The molecule has 9 nitrogen and oxygen atoms in total. The van der Waals surface area contributed by atoms with E-state index in [4.69, 9.17) is 4.74 Å². The van der Waals surface area contributed by atoms with Gasteiger partial charge in [0.1, 0.15) is 17.5 Å². The number of ketones is 5. The first-order valence-electron chi connectivity index (χ1n) is 14.3. The SMILES string of the molecule is CCOC(=O)Cc1cc(C(C)C)c2c(c1O)C(=O)C1C(=O)[C@@]3(O)C(=O)C(C(C)=O)C(=O)C(C(C)C)[C@@]3(C)C[C@@]1(C)C2. The third kappa shape index (κ3) is 4.14.